The van der Waals surface area contributed by atoms with E-state index < -0.39 is 9.84 Å². The van der Waals surface area contributed by atoms with E-state index in [4.69, 9.17) is 5.73 Å². The molecule has 6 nitrogen and oxygen atoms in total. The second-order valence-electron chi connectivity index (χ2n) is 2.99. The predicted molar refractivity (Wildman–Crippen MR) is 53.0 cm³/mol. The highest BCUT2D eigenvalue weighted by atomic mass is 32.2. The van der Waals surface area contributed by atoms with Gasteiger partial charge >= 0.3 is 0 Å². The topological polar surface area (TPSA) is 89.4 Å². The van der Waals surface area contributed by atoms with Gasteiger partial charge in [-0.15, -0.1) is 0 Å². The molecule has 0 saturated heterocycles. The van der Waals surface area contributed by atoms with Crippen LogP contribution in [0.4, 0.5) is 11.7 Å². The van der Waals surface area contributed by atoms with Gasteiger partial charge in [0.1, 0.15) is 0 Å². The third-order valence-corrected chi connectivity index (χ3v) is 2.99. The maximum Gasteiger partial charge on any atom is 0.243 e. The van der Waals surface area contributed by atoms with Crippen molar-refractivity contribution in [3.8, 4) is 0 Å². The Kier molecular flexibility index (Phi) is 2.70. The summed E-state index contributed by atoms with van der Waals surface area (Å²) >= 11 is 0. The Bertz CT molecular complexity index is 423. The second kappa shape index (κ2) is 3.49. The zero-order valence-electron chi connectivity index (χ0n) is 8.31. The summed E-state index contributed by atoms with van der Waals surface area (Å²) in [4.78, 5) is 1.61. The van der Waals surface area contributed by atoms with E-state index in [1.807, 2.05) is 6.92 Å². The Labute approximate surface area is 82.6 Å². The standard InChI is InChI=1S/C7H13N3O3S/c1-4-10(2)7-5(14(3,11)12)6(8)13-9-7/h4,8H2,1-3H3. The molecule has 2 N–H and O–H groups in total. The molecule has 1 rings (SSSR count). The average Bonchev–Trinajstić information content (AvgIpc) is 2.44. The predicted octanol–water partition coefficient (Wildman–Crippen LogP) is 0.116. The van der Waals surface area contributed by atoms with Crippen molar-refractivity contribution >= 4 is 21.5 Å². The summed E-state index contributed by atoms with van der Waals surface area (Å²) in [5.41, 5.74) is 5.39. The number of sulfone groups is 1. The van der Waals surface area contributed by atoms with Crippen molar-refractivity contribution < 1.29 is 12.9 Å². The molecule has 0 aliphatic rings. The number of hydrogen-bond acceptors (Lipinski definition) is 6. The zero-order chi connectivity index (χ0) is 10.9. The molecule has 0 spiro atoms. The Morgan fingerprint density at radius 3 is 2.57 bits per heavy atom. The third-order valence-electron chi connectivity index (χ3n) is 1.86. The molecule has 1 heterocycles. The summed E-state index contributed by atoms with van der Waals surface area (Å²) in [7, 11) is -1.68. The van der Waals surface area contributed by atoms with Gasteiger partial charge in [-0.25, -0.2) is 8.42 Å². The van der Waals surface area contributed by atoms with Crippen molar-refractivity contribution in [2.75, 3.05) is 30.5 Å². The van der Waals surface area contributed by atoms with E-state index in [1.54, 1.807) is 11.9 Å². The summed E-state index contributed by atoms with van der Waals surface area (Å²) in [5.74, 6) is 0.0929. The van der Waals surface area contributed by atoms with Crippen molar-refractivity contribution in [2.45, 2.75) is 11.8 Å². The van der Waals surface area contributed by atoms with Crippen molar-refractivity contribution in [2.24, 2.45) is 0 Å². The molecular weight excluding hydrogens is 206 g/mol. The Morgan fingerprint density at radius 1 is 1.57 bits per heavy atom. The summed E-state index contributed by atoms with van der Waals surface area (Å²) in [5, 5.41) is 3.60. The molecular formula is C7H13N3O3S. The fourth-order valence-corrected chi connectivity index (χ4v) is 1.95. The number of nitrogens with zero attached hydrogens (tertiary/aromatic N) is 2. The van der Waals surface area contributed by atoms with E-state index in [2.05, 4.69) is 9.68 Å². The van der Waals surface area contributed by atoms with Crippen LogP contribution < -0.4 is 10.6 Å². The van der Waals surface area contributed by atoms with Crippen LogP contribution in [-0.2, 0) is 9.84 Å². The molecule has 1 aromatic heterocycles. The number of rotatable bonds is 3. The van der Waals surface area contributed by atoms with Crippen LogP contribution in [0.1, 0.15) is 6.92 Å². The fourth-order valence-electron chi connectivity index (χ4n) is 1.03. The Hall–Kier alpha value is -1.24. The highest BCUT2D eigenvalue weighted by molar-refractivity contribution is 7.91. The smallest absolute Gasteiger partial charge is 0.243 e. The van der Waals surface area contributed by atoms with Gasteiger partial charge in [0, 0.05) is 19.8 Å². The van der Waals surface area contributed by atoms with E-state index in [9.17, 15) is 8.42 Å². The summed E-state index contributed by atoms with van der Waals surface area (Å²) in [6.07, 6.45) is 1.07. The fraction of sp³-hybridized carbons (Fsp3) is 0.571. The van der Waals surface area contributed by atoms with Crippen LogP contribution in [-0.4, -0.2) is 33.4 Å². The third kappa shape index (κ3) is 1.82. The number of nitrogens with two attached hydrogens (primary N) is 1. The van der Waals surface area contributed by atoms with Crippen molar-refractivity contribution in [1.29, 1.82) is 0 Å². The summed E-state index contributed by atoms with van der Waals surface area (Å²) in [6, 6.07) is 0. The van der Waals surface area contributed by atoms with Gasteiger partial charge in [0.05, 0.1) is 0 Å². The lowest BCUT2D eigenvalue weighted by atomic mass is 10.5. The van der Waals surface area contributed by atoms with E-state index in [0.29, 0.717) is 6.54 Å². The van der Waals surface area contributed by atoms with Gasteiger partial charge in [0.2, 0.25) is 5.88 Å². The van der Waals surface area contributed by atoms with Crippen LogP contribution in [0.15, 0.2) is 9.42 Å². The summed E-state index contributed by atoms with van der Waals surface area (Å²) < 4.78 is 27.4. The first kappa shape index (κ1) is 10.8. The van der Waals surface area contributed by atoms with Gasteiger partial charge in [-0.2, -0.15) is 0 Å². The van der Waals surface area contributed by atoms with Crippen molar-refractivity contribution in [3.05, 3.63) is 0 Å². The van der Waals surface area contributed by atoms with Crippen LogP contribution in [0, 0.1) is 0 Å². The van der Waals surface area contributed by atoms with Crippen molar-refractivity contribution in [3.63, 3.8) is 0 Å². The maximum atomic E-state index is 11.3. The van der Waals surface area contributed by atoms with Gasteiger partial charge in [0.25, 0.3) is 0 Å². The normalized spacial score (nSPS) is 11.6. The lowest BCUT2D eigenvalue weighted by Gasteiger charge is -2.13. The van der Waals surface area contributed by atoms with E-state index in [-0.39, 0.29) is 16.6 Å². The molecule has 14 heavy (non-hydrogen) atoms. The summed E-state index contributed by atoms with van der Waals surface area (Å²) in [6.45, 7) is 2.49. The molecule has 0 amide bonds. The number of nitrogen functional groups attached to an aromatic ring is 1. The van der Waals surface area contributed by atoms with Crippen LogP contribution in [0.2, 0.25) is 0 Å². The Balaban J connectivity index is 3.34. The highest BCUT2D eigenvalue weighted by Crippen LogP contribution is 2.28. The molecule has 0 unspecified atom stereocenters. The minimum atomic E-state index is -3.40. The average molecular weight is 219 g/mol. The lowest BCUT2D eigenvalue weighted by molar-refractivity contribution is 0.435. The molecule has 0 radical (unpaired) electrons. The molecule has 7 heteroatoms. The molecule has 80 valence electrons. The van der Waals surface area contributed by atoms with Crippen LogP contribution in [0.5, 0.6) is 0 Å². The van der Waals surface area contributed by atoms with Crippen LogP contribution in [0.3, 0.4) is 0 Å². The van der Waals surface area contributed by atoms with E-state index in [0.717, 1.165) is 6.26 Å². The molecule has 0 aliphatic heterocycles. The molecule has 1 aromatic rings. The molecule has 0 fully saturated rings. The SMILES string of the molecule is CCN(C)c1noc(N)c1S(C)(=O)=O. The first-order chi connectivity index (χ1) is 6.38. The Morgan fingerprint density at radius 2 is 2.14 bits per heavy atom. The number of hydrogen-bond donors (Lipinski definition) is 1. The molecule has 0 aromatic carbocycles. The van der Waals surface area contributed by atoms with Gasteiger partial charge < -0.3 is 15.2 Å². The van der Waals surface area contributed by atoms with Crippen molar-refractivity contribution in [1.82, 2.24) is 5.16 Å². The first-order valence-electron chi connectivity index (χ1n) is 4.04. The van der Waals surface area contributed by atoms with Gasteiger partial charge in [-0.1, -0.05) is 5.16 Å². The van der Waals surface area contributed by atoms with E-state index in [1.165, 1.54) is 0 Å². The minimum Gasteiger partial charge on any atom is -0.366 e. The van der Waals surface area contributed by atoms with Gasteiger partial charge in [0.15, 0.2) is 20.6 Å². The van der Waals surface area contributed by atoms with Crippen LogP contribution >= 0.6 is 0 Å². The van der Waals surface area contributed by atoms with Gasteiger partial charge in [-0.05, 0) is 6.92 Å². The molecule has 0 bridgehead atoms. The van der Waals surface area contributed by atoms with Gasteiger partial charge in [-0.3, -0.25) is 0 Å². The quantitative estimate of drug-likeness (QED) is 0.776. The second-order valence-corrected chi connectivity index (χ2v) is 4.94. The lowest BCUT2D eigenvalue weighted by Crippen LogP contribution is -2.18. The number of aromatic nitrogens is 1. The largest absolute Gasteiger partial charge is 0.366 e. The molecule has 0 aliphatic carbocycles. The monoisotopic (exact) mass is 219 g/mol. The number of anilines is 2. The van der Waals surface area contributed by atoms with E-state index >= 15 is 0 Å². The zero-order valence-corrected chi connectivity index (χ0v) is 9.13. The van der Waals surface area contributed by atoms with Crippen LogP contribution in [0.25, 0.3) is 0 Å². The maximum absolute atomic E-state index is 11.3. The highest BCUT2D eigenvalue weighted by Gasteiger charge is 2.25. The first-order valence-corrected chi connectivity index (χ1v) is 5.93. The minimum absolute atomic E-state index is 0.0400. The molecule has 0 saturated carbocycles. The molecule has 0 atom stereocenters.